The maximum Gasteiger partial charge on any atom is 0.263 e. The fraction of sp³-hybridized carbons (Fsp3) is 0.353. The summed E-state index contributed by atoms with van der Waals surface area (Å²) in [6.45, 7) is 7.05. The molecule has 142 valence electrons. The molecule has 0 unspecified atom stereocenters. The van der Waals surface area contributed by atoms with Crippen LogP contribution in [0.4, 0.5) is 5.82 Å². The van der Waals surface area contributed by atoms with Crippen LogP contribution in [0.2, 0.25) is 0 Å². The molecule has 0 aliphatic heterocycles. The lowest BCUT2D eigenvalue weighted by molar-refractivity contribution is 0.582. The normalized spacial score (nSPS) is 12.4. The van der Waals surface area contributed by atoms with Crippen LogP contribution in [-0.2, 0) is 19.9 Å². The first-order valence-electron chi connectivity index (χ1n) is 7.91. The Morgan fingerprint density at radius 1 is 1.08 bits per heavy atom. The van der Waals surface area contributed by atoms with Gasteiger partial charge in [0.05, 0.1) is 15.5 Å². The number of pyridine rings is 1. The first kappa shape index (κ1) is 20.9. The van der Waals surface area contributed by atoms with Crippen molar-refractivity contribution in [3.8, 4) is 0 Å². The number of hydrogen-bond acceptors (Lipinski definition) is 5. The Labute approximate surface area is 163 Å². The number of rotatable bonds is 6. The van der Waals surface area contributed by atoms with Crippen LogP contribution in [0, 0.1) is 19.8 Å². The SMILES string of the molecule is Cc1cc(Br)cc(C)c1S(=O)(=O)Nc1ccc(S(=O)(=O)CC(C)C)cn1. The summed E-state index contributed by atoms with van der Waals surface area (Å²) in [7, 11) is -7.28. The maximum atomic E-state index is 12.7. The molecule has 1 aromatic heterocycles. The molecule has 26 heavy (non-hydrogen) atoms. The van der Waals surface area contributed by atoms with Crippen molar-refractivity contribution in [2.45, 2.75) is 37.5 Å². The molecular formula is C17H21BrN2O4S2. The molecule has 0 saturated heterocycles. The van der Waals surface area contributed by atoms with Crippen molar-refractivity contribution in [3.05, 3.63) is 46.1 Å². The number of anilines is 1. The van der Waals surface area contributed by atoms with Gasteiger partial charge >= 0.3 is 0 Å². The van der Waals surface area contributed by atoms with Crippen molar-refractivity contribution >= 4 is 41.6 Å². The standard InChI is InChI=1S/C17H21BrN2O4S2/c1-11(2)10-25(21,22)15-5-6-16(19-9-15)20-26(23,24)17-12(3)7-14(18)8-13(17)4/h5-9,11H,10H2,1-4H3,(H,19,20). The van der Waals surface area contributed by atoms with Crippen LogP contribution in [-0.4, -0.2) is 27.6 Å². The summed E-state index contributed by atoms with van der Waals surface area (Å²) in [5.41, 5.74) is 1.20. The molecule has 1 aromatic carbocycles. The third-order valence-electron chi connectivity index (χ3n) is 3.58. The third-order valence-corrected chi connectivity index (χ3v) is 7.76. The quantitative estimate of drug-likeness (QED) is 0.708. The van der Waals surface area contributed by atoms with Crippen LogP contribution in [0.25, 0.3) is 0 Å². The molecule has 1 heterocycles. The summed E-state index contributed by atoms with van der Waals surface area (Å²) in [5.74, 6) is 0.0635. The second kappa shape index (κ2) is 7.66. The minimum Gasteiger partial charge on any atom is -0.263 e. The maximum absolute atomic E-state index is 12.7. The predicted octanol–water partition coefficient (Wildman–Crippen LogP) is 3.69. The number of aromatic nitrogens is 1. The summed E-state index contributed by atoms with van der Waals surface area (Å²) < 4.78 is 53.0. The molecule has 0 amide bonds. The van der Waals surface area contributed by atoms with E-state index in [0.717, 1.165) is 4.47 Å². The molecule has 9 heteroatoms. The summed E-state index contributed by atoms with van der Waals surface area (Å²) in [5, 5.41) is 0. The van der Waals surface area contributed by atoms with Gasteiger partial charge in [0.25, 0.3) is 10.0 Å². The number of nitrogens with zero attached hydrogens (tertiary/aromatic N) is 1. The lowest BCUT2D eigenvalue weighted by atomic mass is 10.2. The van der Waals surface area contributed by atoms with E-state index >= 15 is 0 Å². The van der Waals surface area contributed by atoms with Crippen LogP contribution in [0.1, 0.15) is 25.0 Å². The Balaban J connectivity index is 2.32. The first-order valence-corrected chi connectivity index (χ1v) is 11.8. The molecule has 2 aromatic rings. The highest BCUT2D eigenvalue weighted by Gasteiger charge is 2.22. The van der Waals surface area contributed by atoms with E-state index in [9.17, 15) is 16.8 Å². The number of halogens is 1. The average Bonchev–Trinajstić information content (AvgIpc) is 2.44. The van der Waals surface area contributed by atoms with Crippen molar-refractivity contribution in [3.63, 3.8) is 0 Å². The summed E-state index contributed by atoms with van der Waals surface area (Å²) in [6, 6.07) is 6.16. The van der Waals surface area contributed by atoms with Gasteiger partial charge in [0.2, 0.25) is 0 Å². The Kier molecular flexibility index (Phi) is 6.14. The predicted molar refractivity (Wildman–Crippen MR) is 106 cm³/mol. The molecule has 0 bridgehead atoms. The van der Waals surface area contributed by atoms with Gasteiger partial charge < -0.3 is 0 Å². The molecular weight excluding hydrogens is 440 g/mol. The van der Waals surface area contributed by atoms with Crippen LogP contribution in [0.3, 0.4) is 0 Å². The van der Waals surface area contributed by atoms with Gasteiger partial charge in [-0.15, -0.1) is 0 Å². The Morgan fingerprint density at radius 2 is 1.65 bits per heavy atom. The molecule has 0 radical (unpaired) electrons. The van der Waals surface area contributed by atoms with Gasteiger partial charge in [-0.05, 0) is 55.2 Å². The highest BCUT2D eigenvalue weighted by molar-refractivity contribution is 9.10. The fourth-order valence-electron chi connectivity index (χ4n) is 2.67. The van der Waals surface area contributed by atoms with Crippen LogP contribution in [0.15, 0.2) is 44.7 Å². The lowest BCUT2D eigenvalue weighted by Gasteiger charge is -2.13. The van der Waals surface area contributed by atoms with E-state index in [1.807, 2.05) is 13.8 Å². The van der Waals surface area contributed by atoms with E-state index in [1.165, 1.54) is 18.3 Å². The molecule has 1 N–H and O–H groups in total. The number of nitrogens with one attached hydrogen (secondary N) is 1. The van der Waals surface area contributed by atoms with Gasteiger partial charge in [-0.3, -0.25) is 4.72 Å². The van der Waals surface area contributed by atoms with Gasteiger partial charge in [0.1, 0.15) is 5.82 Å². The Bertz CT molecular complexity index is 992. The van der Waals surface area contributed by atoms with Crippen molar-refractivity contribution in [2.75, 3.05) is 10.5 Å². The number of aryl methyl sites for hydroxylation is 2. The largest absolute Gasteiger partial charge is 0.263 e. The van der Waals surface area contributed by atoms with Crippen molar-refractivity contribution in [1.82, 2.24) is 4.98 Å². The van der Waals surface area contributed by atoms with Crippen LogP contribution < -0.4 is 4.72 Å². The highest BCUT2D eigenvalue weighted by atomic mass is 79.9. The zero-order valence-electron chi connectivity index (χ0n) is 14.9. The average molecular weight is 461 g/mol. The van der Waals surface area contributed by atoms with E-state index in [2.05, 4.69) is 25.6 Å². The second-order valence-corrected chi connectivity index (χ2v) is 11.1. The van der Waals surface area contributed by atoms with Gasteiger partial charge in [0.15, 0.2) is 9.84 Å². The Hall–Kier alpha value is -1.45. The summed E-state index contributed by atoms with van der Waals surface area (Å²) >= 11 is 3.34. The molecule has 0 spiro atoms. The molecule has 0 aliphatic rings. The van der Waals surface area contributed by atoms with Gasteiger partial charge in [-0.2, -0.15) is 0 Å². The minimum absolute atomic E-state index is 0.0109. The topological polar surface area (TPSA) is 93.2 Å². The third kappa shape index (κ3) is 4.83. The van der Waals surface area contributed by atoms with Crippen molar-refractivity contribution < 1.29 is 16.8 Å². The lowest BCUT2D eigenvalue weighted by Crippen LogP contribution is -2.17. The molecule has 6 nitrogen and oxygen atoms in total. The first-order chi connectivity index (χ1) is 11.9. The zero-order valence-corrected chi connectivity index (χ0v) is 18.2. The molecule has 2 rings (SSSR count). The van der Waals surface area contributed by atoms with Crippen LogP contribution in [0.5, 0.6) is 0 Å². The Morgan fingerprint density at radius 3 is 2.12 bits per heavy atom. The smallest absolute Gasteiger partial charge is 0.263 e. The molecule has 0 atom stereocenters. The van der Waals surface area contributed by atoms with Crippen molar-refractivity contribution in [1.29, 1.82) is 0 Å². The number of sulfone groups is 1. The second-order valence-electron chi connectivity index (χ2n) is 6.53. The summed E-state index contributed by atoms with van der Waals surface area (Å²) in [4.78, 5) is 4.21. The zero-order chi connectivity index (χ0) is 19.7. The van der Waals surface area contributed by atoms with Gasteiger partial charge in [-0.1, -0.05) is 29.8 Å². The van der Waals surface area contributed by atoms with Gasteiger partial charge in [0, 0.05) is 10.7 Å². The van der Waals surface area contributed by atoms with Crippen molar-refractivity contribution in [2.24, 2.45) is 5.92 Å². The monoisotopic (exact) mass is 460 g/mol. The number of benzene rings is 1. The van der Waals surface area contributed by atoms with Gasteiger partial charge in [-0.25, -0.2) is 21.8 Å². The molecule has 0 saturated carbocycles. The summed E-state index contributed by atoms with van der Waals surface area (Å²) in [6.07, 6.45) is 1.18. The van der Waals surface area contributed by atoms with Crippen LogP contribution >= 0.6 is 15.9 Å². The van der Waals surface area contributed by atoms with E-state index in [-0.39, 0.29) is 27.3 Å². The highest BCUT2D eigenvalue weighted by Crippen LogP contribution is 2.26. The minimum atomic E-state index is -3.84. The van der Waals surface area contributed by atoms with E-state index < -0.39 is 19.9 Å². The van der Waals surface area contributed by atoms with E-state index in [0.29, 0.717) is 11.1 Å². The fourth-order valence-corrected chi connectivity index (χ4v) is 6.38. The van der Waals surface area contributed by atoms with E-state index in [4.69, 9.17) is 0 Å². The van der Waals surface area contributed by atoms with E-state index in [1.54, 1.807) is 26.0 Å². The number of hydrogen-bond donors (Lipinski definition) is 1. The number of sulfonamides is 1. The molecule has 0 fully saturated rings. The molecule has 0 aliphatic carbocycles.